The summed E-state index contributed by atoms with van der Waals surface area (Å²) in [6.07, 6.45) is 0.787. The van der Waals surface area contributed by atoms with Crippen molar-refractivity contribution in [3.63, 3.8) is 0 Å². The van der Waals surface area contributed by atoms with Crippen molar-refractivity contribution in [3.8, 4) is 0 Å². The Hall–Kier alpha value is -1.35. The van der Waals surface area contributed by atoms with E-state index in [9.17, 15) is 9.90 Å². The molecule has 3 atom stereocenters. The van der Waals surface area contributed by atoms with Crippen LogP contribution in [0.3, 0.4) is 0 Å². The van der Waals surface area contributed by atoms with Crippen LogP contribution < -0.4 is 0 Å². The number of aliphatic hydroxyl groups excluding tert-OH is 1. The molecule has 3 nitrogen and oxygen atoms in total. The first kappa shape index (κ1) is 13.1. The van der Waals surface area contributed by atoms with Gasteiger partial charge in [-0.05, 0) is 36.8 Å². The number of fused-ring (bicyclic) bond motifs is 1. The Morgan fingerprint density at radius 1 is 1.39 bits per heavy atom. The predicted octanol–water partition coefficient (Wildman–Crippen LogP) is 2.59. The van der Waals surface area contributed by atoms with Gasteiger partial charge in [-0.25, -0.2) is 4.79 Å². The lowest BCUT2D eigenvalue weighted by atomic mass is 9.75. The van der Waals surface area contributed by atoms with Gasteiger partial charge in [-0.3, -0.25) is 0 Å². The highest BCUT2D eigenvalue weighted by Crippen LogP contribution is 2.40. The van der Waals surface area contributed by atoms with Crippen LogP contribution in [0.5, 0.6) is 0 Å². The van der Waals surface area contributed by atoms with E-state index in [0.717, 1.165) is 18.4 Å². The van der Waals surface area contributed by atoms with Gasteiger partial charge < -0.3 is 9.84 Å². The van der Waals surface area contributed by atoms with E-state index in [2.05, 4.69) is 13.0 Å². The molecule has 0 saturated carbocycles. The molecule has 0 radical (unpaired) electrons. The smallest absolute Gasteiger partial charge is 0.335 e. The molecule has 0 amide bonds. The van der Waals surface area contributed by atoms with Crippen LogP contribution in [0.4, 0.5) is 0 Å². The van der Waals surface area contributed by atoms with Crippen LogP contribution in [0.15, 0.2) is 24.3 Å². The first-order valence-corrected chi connectivity index (χ1v) is 6.58. The largest absolute Gasteiger partial charge is 0.464 e. The molecule has 0 spiro atoms. The Labute approximate surface area is 108 Å². The standard InChI is InChI=1S/C15H20O3/c1-3-18-15(17)14(16)13-9-8-10(2)11-6-4-5-7-12(11)13/h4-7,10,13-14,16H,3,8-9H2,1-2H3. The molecule has 0 aromatic heterocycles. The van der Waals surface area contributed by atoms with E-state index < -0.39 is 12.1 Å². The van der Waals surface area contributed by atoms with E-state index in [1.165, 1.54) is 5.56 Å². The van der Waals surface area contributed by atoms with Crippen LogP contribution >= 0.6 is 0 Å². The molecule has 1 N–H and O–H groups in total. The fourth-order valence-electron chi connectivity index (χ4n) is 2.76. The maximum atomic E-state index is 11.7. The summed E-state index contributed by atoms with van der Waals surface area (Å²) >= 11 is 0. The number of aliphatic hydroxyl groups is 1. The molecular formula is C15H20O3. The zero-order valence-corrected chi connectivity index (χ0v) is 10.9. The number of hydrogen-bond donors (Lipinski definition) is 1. The third kappa shape index (κ3) is 2.41. The van der Waals surface area contributed by atoms with Gasteiger partial charge in [0.1, 0.15) is 0 Å². The zero-order chi connectivity index (χ0) is 13.1. The highest BCUT2D eigenvalue weighted by Gasteiger charge is 2.33. The van der Waals surface area contributed by atoms with Gasteiger partial charge in [0.05, 0.1) is 6.61 Å². The molecule has 0 heterocycles. The van der Waals surface area contributed by atoms with Gasteiger partial charge in [0.2, 0.25) is 0 Å². The second kappa shape index (κ2) is 5.53. The van der Waals surface area contributed by atoms with Gasteiger partial charge in [0, 0.05) is 5.92 Å². The van der Waals surface area contributed by atoms with Crippen LogP contribution in [0.1, 0.15) is 49.7 Å². The Morgan fingerprint density at radius 2 is 2.06 bits per heavy atom. The van der Waals surface area contributed by atoms with Gasteiger partial charge in [-0.2, -0.15) is 0 Å². The van der Waals surface area contributed by atoms with E-state index in [1.807, 2.05) is 18.2 Å². The van der Waals surface area contributed by atoms with Crippen molar-refractivity contribution < 1.29 is 14.6 Å². The van der Waals surface area contributed by atoms with E-state index in [0.29, 0.717) is 12.5 Å². The zero-order valence-electron chi connectivity index (χ0n) is 10.9. The summed E-state index contributed by atoms with van der Waals surface area (Å²) < 4.78 is 4.91. The number of carbonyl (C=O) groups is 1. The molecule has 1 aromatic carbocycles. The number of ether oxygens (including phenoxy) is 1. The first-order valence-electron chi connectivity index (χ1n) is 6.58. The Bertz CT molecular complexity index is 428. The molecule has 1 aliphatic carbocycles. The van der Waals surface area contributed by atoms with Crippen molar-refractivity contribution in [1.29, 1.82) is 0 Å². The lowest BCUT2D eigenvalue weighted by Gasteiger charge is -2.31. The first-order chi connectivity index (χ1) is 8.65. The average molecular weight is 248 g/mol. The quantitative estimate of drug-likeness (QED) is 0.836. The van der Waals surface area contributed by atoms with Crippen LogP contribution in [-0.2, 0) is 9.53 Å². The summed E-state index contributed by atoms with van der Waals surface area (Å²) in [5.41, 5.74) is 2.34. The normalized spacial score (nSPS) is 24.2. The molecule has 0 aliphatic heterocycles. The molecule has 2 rings (SSSR count). The van der Waals surface area contributed by atoms with Gasteiger partial charge in [-0.15, -0.1) is 0 Å². The van der Waals surface area contributed by atoms with E-state index in [-0.39, 0.29) is 5.92 Å². The maximum Gasteiger partial charge on any atom is 0.335 e. The summed E-state index contributed by atoms with van der Waals surface area (Å²) in [5.74, 6) is -0.143. The minimum absolute atomic E-state index is 0.128. The van der Waals surface area contributed by atoms with Crippen LogP contribution in [-0.4, -0.2) is 23.8 Å². The number of esters is 1. The molecule has 98 valence electrons. The molecule has 0 fully saturated rings. The Kier molecular flexibility index (Phi) is 4.02. The number of rotatable bonds is 3. The Balaban J connectivity index is 2.25. The van der Waals surface area contributed by atoms with E-state index >= 15 is 0 Å². The number of benzene rings is 1. The van der Waals surface area contributed by atoms with Gasteiger partial charge in [0.15, 0.2) is 6.10 Å². The van der Waals surface area contributed by atoms with Crippen molar-refractivity contribution >= 4 is 5.97 Å². The van der Waals surface area contributed by atoms with Crippen molar-refractivity contribution in [2.45, 2.75) is 44.6 Å². The minimum Gasteiger partial charge on any atom is -0.464 e. The fourth-order valence-corrected chi connectivity index (χ4v) is 2.76. The monoisotopic (exact) mass is 248 g/mol. The van der Waals surface area contributed by atoms with Gasteiger partial charge >= 0.3 is 5.97 Å². The van der Waals surface area contributed by atoms with E-state index in [1.54, 1.807) is 6.92 Å². The molecule has 3 heteroatoms. The molecule has 3 unspecified atom stereocenters. The molecule has 0 bridgehead atoms. The van der Waals surface area contributed by atoms with Crippen LogP contribution in [0, 0.1) is 0 Å². The van der Waals surface area contributed by atoms with Crippen LogP contribution in [0.25, 0.3) is 0 Å². The molecule has 18 heavy (non-hydrogen) atoms. The summed E-state index contributed by atoms with van der Waals surface area (Å²) in [5, 5.41) is 10.1. The lowest BCUT2D eigenvalue weighted by molar-refractivity contribution is -0.154. The third-order valence-electron chi connectivity index (χ3n) is 3.75. The van der Waals surface area contributed by atoms with Gasteiger partial charge in [-0.1, -0.05) is 31.2 Å². The number of carbonyl (C=O) groups excluding carboxylic acids is 1. The van der Waals surface area contributed by atoms with Gasteiger partial charge in [0.25, 0.3) is 0 Å². The van der Waals surface area contributed by atoms with Crippen molar-refractivity contribution in [3.05, 3.63) is 35.4 Å². The molecule has 0 saturated heterocycles. The summed E-state index contributed by atoms with van der Waals surface area (Å²) in [6, 6.07) is 8.07. The highest BCUT2D eigenvalue weighted by atomic mass is 16.5. The highest BCUT2D eigenvalue weighted by molar-refractivity contribution is 5.76. The van der Waals surface area contributed by atoms with Crippen molar-refractivity contribution in [2.24, 2.45) is 0 Å². The average Bonchev–Trinajstić information content (AvgIpc) is 2.39. The maximum absolute atomic E-state index is 11.7. The SMILES string of the molecule is CCOC(=O)C(O)C1CCC(C)c2ccccc21. The second-order valence-corrected chi connectivity index (χ2v) is 4.91. The van der Waals surface area contributed by atoms with Crippen LogP contribution in [0.2, 0.25) is 0 Å². The predicted molar refractivity (Wildman–Crippen MR) is 69.5 cm³/mol. The third-order valence-corrected chi connectivity index (χ3v) is 3.75. The lowest BCUT2D eigenvalue weighted by Crippen LogP contribution is -2.32. The topological polar surface area (TPSA) is 46.5 Å². The minimum atomic E-state index is -1.04. The van der Waals surface area contributed by atoms with E-state index in [4.69, 9.17) is 4.74 Å². The summed E-state index contributed by atoms with van der Waals surface area (Å²) in [4.78, 5) is 11.7. The van der Waals surface area contributed by atoms with Crippen molar-refractivity contribution in [2.75, 3.05) is 6.61 Å². The molecule has 1 aromatic rings. The Morgan fingerprint density at radius 3 is 2.72 bits per heavy atom. The fraction of sp³-hybridized carbons (Fsp3) is 0.533. The molecule has 1 aliphatic rings. The summed E-state index contributed by atoms with van der Waals surface area (Å²) in [7, 11) is 0. The summed E-state index contributed by atoms with van der Waals surface area (Å²) in [6.45, 7) is 4.24. The second-order valence-electron chi connectivity index (χ2n) is 4.91. The number of hydrogen-bond acceptors (Lipinski definition) is 3. The molecular weight excluding hydrogens is 228 g/mol. The van der Waals surface area contributed by atoms with Crippen molar-refractivity contribution in [1.82, 2.24) is 0 Å².